The van der Waals surface area contributed by atoms with Crippen LogP contribution in [-0.2, 0) is 0 Å². The Kier molecular flexibility index (Phi) is 5.89. The molecule has 2 atom stereocenters. The molecule has 1 nitrogen and oxygen atoms in total. The monoisotopic (exact) mass is 360 g/mol. The molecule has 0 saturated carbocycles. The third-order valence-corrected chi connectivity index (χ3v) is 5.28. The minimum Gasteiger partial charge on any atom is -0.485 e. The maximum absolute atomic E-state index is 6.38. The van der Waals surface area contributed by atoms with Gasteiger partial charge in [-0.3, -0.25) is 0 Å². The molecule has 0 N–H and O–H groups in total. The van der Waals surface area contributed by atoms with Gasteiger partial charge in [0.15, 0.2) is 0 Å². The van der Waals surface area contributed by atoms with Gasteiger partial charge in [0.1, 0.15) is 11.9 Å². The van der Waals surface area contributed by atoms with Gasteiger partial charge in [0.05, 0.1) is 0 Å². The van der Waals surface area contributed by atoms with E-state index in [0.717, 1.165) is 12.2 Å². The Balaban J connectivity index is 1.97. The maximum atomic E-state index is 6.38. The average molecular weight is 361 g/mol. The average Bonchev–Trinajstić information content (AvgIpc) is 2.66. The Hall–Kier alpha value is -2.28. The van der Waals surface area contributed by atoms with Gasteiger partial charge in [-0.2, -0.15) is 0 Å². The number of hydrogen-bond donors (Lipinski definition) is 0. The van der Waals surface area contributed by atoms with Crippen LogP contribution in [0.15, 0.2) is 66.7 Å². The molecule has 142 valence electrons. The van der Waals surface area contributed by atoms with Gasteiger partial charge in [-0.15, -0.1) is 0 Å². The molecule has 0 bridgehead atoms. The molecular formula is C26H32O. The SMILES string of the molecule is CCC(CC(C)(C)C)c1cccc2c(OC(C)c3ccccc3)cccc12. The quantitative estimate of drug-likeness (QED) is 0.434. The van der Waals surface area contributed by atoms with Crippen LogP contribution >= 0.6 is 0 Å². The highest BCUT2D eigenvalue weighted by Crippen LogP contribution is 2.39. The summed E-state index contributed by atoms with van der Waals surface area (Å²) < 4.78 is 6.38. The molecule has 0 aromatic heterocycles. The number of hydrogen-bond acceptors (Lipinski definition) is 1. The van der Waals surface area contributed by atoms with Crippen molar-refractivity contribution in [1.82, 2.24) is 0 Å². The standard InChI is InChI=1S/C26H32O/c1-6-20(18-26(3,4)5)22-14-10-16-24-23(22)15-11-17-25(24)27-19(2)21-12-8-7-9-13-21/h7-17,19-20H,6,18H2,1-5H3. The highest BCUT2D eigenvalue weighted by molar-refractivity contribution is 5.91. The van der Waals surface area contributed by atoms with E-state index >= 15 is 0 Å². The van der Waals surface area contributed by atoms with Crippen molar-refractivity contribution in [3.05, 3.63) is 77.9 Å². The van der Waals surface area contributed by atoms with E-state index in [1.807, 2.05) is 6.07 Å². The number of fused-ring (bicyclic) bond motifs is 1. The molecule has 0 heterocycles. The highest BCUT2D eigenvalue weighted by atomic mass is 16.5. The summed E-state index contributed by atoms with van der Waals surface area (Å²) in [6, 6.07) is 23.6. The fourth-order valence-corrected chi connectivity index (χ4v) is 3.96. The molecule has 0 spiro atoms. The fraction of sp³-hybridized carbons (Fsp3) is 0.385. The summed E-state index contributed by atoms with van der Waals surface area (Å²) in [7, 11) is 0. The van der Waals surface area contributed by atoms with Gasteiger partial charge in [-0.05, 0) is 53.7 Å². The Morgan fingerprint density at radius 3 is 2.15 bits per heavy atom. The lowest BCUT2D eigenvalue weighted by Gasteiger charge is -2.27. The van der Waals surface area contributed by atoms with Crippen LogP contribution in [-0.4, -0.2) is 0 Å². The molecule has 3 aromatic rings. The van der Waals surface area contributed by atoms with Crippen molar-refractivity contribution in [1.29, 1.82) is 0 Å². The molecule has 3 rings (SSSR count). The third-order valence-electron chi connectivity index (χ3n) is 5.28. The second-order valence-electron chi connectivity index (χ2n) is 8.74. The zero-order valence-corrected chi connectivity index (χ0v) is 17.3. The van der Waals surface area contributed by atoms with Gasteiger partial charge in [-0.25, -0.2) is 0 Å². The predicted molar refractivity (Wildman–Crippen MR) is 117 cm³/mol. The van der Waals surface area contributed by atoms with E-state index in [0.29, 0.717) is 11.3 Å². The summed E-state index contributed by atoms with van der Waals surface area (Å²) in [4.78, 5) is 0. The summed E-state index contributed by atoms with van der Waals surface area (Å²) in [5.74, 6) is 1.53. The summed E-state index contributed by atoms with van der Waals surface area (Å²) >= 11 is 0. The van der Waals surface area contributed by atoms with Crippen LogP contribution in [0, 0.1) is 5.41 Å². The summed E-state index contributed by atoms with van der Waals surface area (Å²) in [6.07, 6.45) is 2.37. The number of rotatable bonds is 6. The van der Waals surface area contributed by atoms with E-state index in [1.54, 1.807) is 0 Å². The minimum absolute atomic E-state index is 0.0250. The minimum atomic E-state index is 0.0250. The van der Waals surface area contributed by atoms with Crippen molar-refractivity contribution in [2.24, 2.45) is 5.41 Å². The van der Waals surface area contributed by atoms with Crippen molar-refractivity contribution in [3.63, 3.8) is 0 Å². The summed E-state index contributed by atoms with van der Waals surface area (Å²) in [5.41, 5.74) is 2.96. The molecular weight excluding hydrogens is 328 g/mol. The highest BCUT2D eigenvalue weighted by Gasteiger charge is 2.21. The first-order valence-corrected chi connectivity index (χ1v) is 10.1. The van der Waals surface area contributed by atoms with Gasteiger partial charge in [0.25, 0.3) is 0 Å². The van der Waals surface area contributed by atoms with Crippen molar-refractivity contribution in [2.45, 2.75) is 59.5 Å². The molecule has 0 aliphatic carbocycles. The van der Waals surface area contributed by atoms with E-state index in [1.165, 1.54) is 28.3 Å². The lowest BCUT2D eigenvalue weighted by atomic mass is 9.79. The Morgan fingerprint density at radius 1 is 0.815 bits per heavy atom. The first-order valence-electron chi connectivity index (χ1n) is 10.1. The molecule has 0 radical (unpaired) electrons. The molecule has 27 heavy (non-hydrogen) atoms. The van der Waals surface area contributed by atoms with Gasteiger partial charge < -0.3 is 4.74 Å². The maximum Gasteiger partial charge on any atom is 0.128 e. The van der Waals surface area contributed by atoms with Gasteiger partial charge in [0, 0.05) is 5.39 Å². The molecule has 2 unspecified atom stereocenters. The molecule has 0 aliphatic heterocycles. The fourth-order valence-electron chi connectivity index (χ4n) is 3.96. The predicted octanol–water partition coefficient (Wildman–Crippen LogP) is 7.91. The van der Waals surface area contributed by atoms with E-state index in [-0.39, 0.29) is 6.10 Å². The van der Waals surface area contributed by atoms with E-state index in [9.17, 15) is 0 Å². The first kappa shape index (κ1) is 19.5. The van der Waals surface area contributed by atoms with E-state index in [4.69, 9.17) is 4.74 Å². The van der Waals surface area contributed by atoms with Crippen LogP contribution in [0.4, 0.5) is 0 Å². The number of ether oxygens (including phenoxy) is 1. The van der Waals surface area contributed by atoms with Crippen LogP contribution in [0.5, 0.6) is 5.75 Å². The van der Waals surface area contributed by atoms with Crippen molar-refractivity contribution >= 4 is 10.8 Å². The molecule has 0 amide bonds. The van der Waals surface area contributed by atoms with Gasteiger partial charge in [-0.1, -0.05) is 88.4 Å². The van der Waals surface area contributed by atoms with Gasteiger partial charge >= 0.3 is 0 Å². The smallest absolute Gasteiger partial charge is 0.128 e. The second kappa shape index (κ2) is 8.17. The van der Waals surface area contributed by atoms with E-state index in [2.05, 4.69) is 95.3 Å². The normalized spacial score (nSPS) is 14.1. The Labute approximate surface area is 164 Å². The third kappa shape index (κ3) is 4.71. The summed E-state index contributed by atoms with van der Waals surface area (Å²) in [5, 5.41) is 2.54. The largest absolute Gasteiger partial charge is 0.485 e. The van der Waals surface area contributed by atoms with Crippen molar-refractivity contribution in [2.75, 3.05) is 0 Å². The van der Waals surface area contributed by atoms with Crippen LogP contribution in [0.1, 0.15) is 70.6 Å². The second-order valence-corrected chi connectivity index (χ2v) is 8.74. The molecule has 3 aromatic carbocycles. The van der Waals surface area contributed by atoms with Crippen LogP contribution < -0.4 is 4.74 Å². The van der Waals surface area contributed by atoms with Crippen LogP contribution in [0.25, 0.3) is 10.8 Å². The Morgan fingerprint density at radius 2 is 1.48 bits per heavy atom. The lowest BCUT2D eigenvalue weighted by Crippen LogP contribution is -2.12. The molecule has 1 heteroatoms. The van der Waals surface area contributed by atoms with Crippen LogP contribution in [0.2, 0.25) is 0 Å². The van der Waals surface area contributed by atoms with E-state index < -0.39 is 0 Å². The van der Waals surface area contributed by atoms with Gasteiger partial charge in [0.2, 0.25) is 0 Å². The zero-order valence-electron chi connectivity index (χ0n) is 17.3. The lowest BCUT2D eigenvalue weighted by molar-refractivity contribution is 0.230. The first-order chi connectivity index (χ1) is 12.9. The molecule has 0 fully saturated rings. The summed E-state index contributed by atoms with van der Waals surface area (Å²) in [6.45, 7) is 11.4. The molecule has 0 aliphatic rings. The number of benzene rings is 3. The van der Waals surface area contributed by atoms with Crippen molar-refractivity contribution < 1.29 is 4.74 Å². The topological polar surface area (TPSA) is 9.23 Å². The zero-order chi connectivity index (χ0) is 19.4. The van der Waals surface area contributed by atoms with Crippen molar-refractivity contribution in [3.8, 4) is 5.75 Å². The van der Waals surface area contributed by atoms with Crippen LogP contribution in [0.3, 0.4) is 0 Å². The Bertz CT molecular complexity index is 874. The molecule has 0 saturated heterocycles.